The van der Waals surface area contributed by atoms with E-state index < -0.39 is 23.8 Å². The number of nitrogens with zero attached hydrogens (tertiary/aromatic N) is 1. The minimum absolute atomic E-state index is 0.0209. The van der Waals surface area contributed by atoms with Gasteiger partial charge in [-0.25, -0.2) is 0 Å². The van der Waals surface area contributed by atoms with Gasteiger partial charge in [-0.2, -0.15) is 0 Å². The van der Waals surface area contributed by atoms with Crippen molar-refractivity contribution in [3.05, 3.63) is 76.9 Å². The smallest absolute Gasteiger partial charge is 0.309 e. The third kappa shape index (κ3) is 6.27. The molecule has 1 saturated heterocycles. The van der Waals surface area contributed by atoms with Crippen molar-refractivity contribution in [1.82, 2.24) is 4.90 Å². The number of likely N-dealkylation sites (tertiary alicyclic amines) is 1. The maximum atomic E-state index is 13.7. The van der Waals surface area contributed by atoms with Gasteiger partial charge < -0.3 is 29.4 Å². The number of carbonyl (C=O) groups excluding carboxylic acids is 1. The fraction of sp³-hybridized carbons (Fsp3) is 0.412. The van der Waals surface area contributed by atoms with Gasteiger partial charge in [0.25, 0.3) is 0 Å². The molecule has 0 aromatic heterocycles. The fourth-order valence-corrected chi connectivity index (χ4v) is 6.24. The molecule has 1 fully saturated rings. The van der Waals surface area contributed by atoms with E-state index in [-0.39, 0.29) is 19.2 Å². The van der Waals surface area contributed by atoms with E-state index in [0.717, 1.165) is 47.2 Å². The summed E-state index contributed by atoms with van der Waals surface area (Å²) in [4.78, 5) is 28.6. The van der Waals surface area contributed by atoms with Crippen molar-refractivity contribution in [1.29, 1.82) is 0 Å². The van der Waals surface area contributed by atoms with E-state index in [2.05, 4.69) is 19.2 Å². The zero-order valence-electron chi connectivity index (χ0n) is 25.2. The summed E-state index contributed by atoms with van der Waals surface area (Å²) in [6.45, 7) is 7.21. The Balaban J connectivity index is 1.52. The second-order valence-electron chi connectivity index (χ2n) is 10.9. The maximum absolute atomic E-state index is 13.7. The molecular weight excluding hydrogens is 548 g/mol. The van der Waals surface area contributed by atoms with Crippen LogP contribution in [-0.4, -0.2) is 55.5 Å². The Hall–Kier alpha value is -4.24. The highest BCUT2D eigenvalue weighted by Crippen LogP contribution is 2.48. The first-order valence-electron chi connectivity index (χ1n) is 15.0. The molecule has 9 heteroatoms. The van der Waals surface area contributed by atoms with Gasteiger partial charge in [0.15, 0.2) is 23.0 Å². The summed E-state index contributed by atoms with van der Waals surface area (Å²) >= 11 is 0. The normalized spacial score (nSPS) is 19.3. The topological polar surface area (TPSA) is 107 Å². The molecule has 9 nitrogen and oxygen atoms in total. The first kappa shape index (κ1) is 30.2. The van der Waals surface area contributed by atoms with E-state index in [1.165, 1.54) is 0 Å². The van der Waals surface area contributed by atoms with Crippen LogP contribution in [-0.2, 0) is 22.4 Å². The van der Waals surface area contributed by atoms with Crippen LogP contribution in [0.1, 0.15) is 61.4 Å². The average Bonchev–Trinajstić information content (AvgIpc) is 3.64. The van der Waals surface area contributed by atoms with E-state index in [1.54, 1.807) is 7.11 Å². The fourth-order valence-electron chi connectivity index (χ4n) is 6.24. The molecule has 1 amide bonds. The third-order valence-corrected chi connectivity index (χ3v) is 8.31. The predicted molar refractivity (Wildman–Crippen MR) is 163 cm³/mol. The first-order chi connectivity index (χ1) is 20.9. The van der Waals surface area contributed by atoms with Crippen LogP contribution < -0.4 is 24.3 Å². The monoisotopic (exact) mass is 588 g/mol. The molecule has 2 N–H and O–H groups in total. The lowest BCUT2D eigenvalue weighted by Gasteiger charge is -2.28. The van der Waals surface area contributed by atoms with Crippen LogP contribution >= 0.6 is 0 Å². The van der Waals surface area contributed by atoms with Crippen LogP contribution in [0.2, 0.25) is 0 Å². The summed E-state index contributed by atoms with van der Waals surface area (Å²) < 4.78 is 22.6. The molecule has 0 saturated carbocycles. The number of anilines is 1. The molecule has 0 bridgehead atoms. The lowest BCUT2D eigenvalue weighted by atomic mass is 9.82. The van der Waals surface area contributed by atoms with Crippen molar-refractivity contribution in [2.24, 2.45) is 5.92 Å². The maximum Gasteiger partial charge on any atom is 0.309 e. The number of carboxylic acids is 1. The number of carbonyl (C=O) groups is 2. The van der Waals surface area contributed by atoms with Crippen molar-refractivity contribution in [3.63, 3.8) is 0 Å². The Labute approximate surface area is 252 Å². The van der Waals surface area contributed by atoms with Gasteiger partial charge in [-0.05, 0) is 65.8 Å². The average molecular weight is 589 g/mol. The third-order valence-electron chi connectivity index (χ3n) is 8.31. The van der Waals surface area contributed by atoms with Gasteiger partial charge in [-0.1, -0.05) is 51.1 Å². The zero-order valence-corrected chi connectivity index (χ0v) is 25.2. The molecule has 2 aliphatic rings. The van der Waals surface area contributed by atoms with Gasteiger partial charge in [-0.3, -0.25) is 14.5 Å². The van der Waals surface area contributed by atoms with Crippen LogP contribution in [0.5, 0.6) is 23.0 Å². The summed E-state index contributed by atoms with van der Waals surface area (Å²) in [5, 5.41) is 13.8. The highest BCUT2D eigenvalue weighted by molar-refractivity contribution is 5.94. The SMILES string of the molecule is CCCOc1ccc([C@@H]2[C@@H](C(=O)O)[C@@H](c3ccc4c(c3)OCO4)CN2CC(=O)Nc2c(CC)cccc2CC)cc1OC. The highest BCUT2D eigenvalue weighted by Gasteiger charge is 2.48. The Morgan fingerprint density at radius 2 is 1.67 bits per heavy atom. The summed E-state index contributed by atoms with van der Waals surface area (Å²) in [6, 6.07) is 16.6. The summed E-state index contributed by atoms with van der Waals surface area (Å²) in [6.07, 6.45) is 2.42. The first-order valence-corrected chi connectivity index (χ1v) is 15.0. The van der Waals surface area contributed by atoms with Crippen molar-refractivity contribution < 1.29 is 33.6 Å². The standard InChI is InChI=1S/C34H40N2O7/c1-5-15-41-26-14-12-24(17-28(26)40-4)33-31(34(38)39)25(23-11-13-27-29(16-23)43-20-42-27)18-36(33)19-30(37)35-32-21(6-2)9-8-10-22(32)7-3/h8-14,16-17,25,31,33H,5-7,15,18-20H2,1-4H3,(H,35,37)(H,38,39)/t25-,31+,33-/m1/s1. The summed E-state index contributed by atoms with van der Waals surface area (Å²) in [5.41, 5.74) is 4.55. The predicted octanol–water partition coefficient (Wildman–Crippen LogP) is 5.82. The van der Waals surface area contributed by atoms with Crippen LogP contribution in [0.4, 0.5) is 5.69 Å². The Morgan fingerprint density at radius 1 is 0.953 bits per heavy atom. The van der Waals surface area contributed by atoms with Gasteiger partial charge in [0.2, 0.25) is 12.7 Å². The quantitative estimate of drug-likeness (QED) is 0.273. The van der Waals surface area contributed by atoms with E-state index in [0.29, 0.717) is 36.1 Å². The molecule has 228 valence electrons. The van der Waals surface area contributed by atoms with E-state index in [1.807, 2.05) is 66.4 Å². The number of benzene rings is 3. The minimum Gasteiger partial charge on any atom is -0.493 e. The number of fused-ring (bicyclic) bond motifs is 1. The van der Waals surface area contributed by atoms with E-state index >= 15 is 0 Å². The van der Waals surface area contributed by atoms with Gasteiger partial charge in [0.1, 0.15) is 0 Å². The van der Waals surface area contributed by atoms with Gasteiger partial charge in [-0.15, -0.1) is 0 Å². The number of amides is 1. The zero-order chi connectivity index (χ0) is 30.5. The molecule has 5 rings (SSSR count). The molecule has 43 heavy (non-hydrogen) atoms. The lowest BCUT2D eigenvalue weighted by molar-refractivity contribution is -0.143. The molecule has 0 radical (unpaired) electrons. The van der Waals surface area contributed by atoms with Crippen LogP contribution in [0, 0.1) is 5.92 Å². The number of carboxylic acid groups (broad SMARTS) is 1. The second kappa shape index (κ2) is 13.4. The largest absolute Gasteiger partial charge is 0.493 e. The number of hydrogen-bond donors (Lipinski definition) is 2. The number of hydrogen-bond acceptors (Lipinski definition) is 7. The number of aliphatic carboxylic acids is 1. The molecule has 3 atom stereocenters. The molecule has 3 aromatic carbocycles. The van der Waals surface area contributed by atoms with Gasteiger partial charge in [0.05, 0.1) is 26.2 Å². The van der Waals surface area contributed by atoms with Crippen molar-refractivity contribution >= 4 is 17.6 Å². The Kier molecular flexibility index (Phi) is 9.40. The Bertz CT molecular complexity index is 1450. The number of nitrogens with one attached hydrogen (secondary N) is 1. The molecule has 3 aromatic rings. The highest BCUT2D eigenvalue weighted by atomic mass is 16.7. The molecule has 0 spiro atoms. The van der Waals surface area contributed by atoms with Crippen molar-refractivity contribution in [2.45, 2.75) is 52.0 Å². The molecule has 2 heterocycles. The number of aryl methyl sites for hydroxylation is 2. The number of ether oxygens (including phenoxy) is 4. The molecule has 2 aliphatic heterocycles. The number of para-hydroxylation sites is 1. The summed E-state index contributed by atoms with van der Waals surface area (Å²) in [7, 11) is 1.57. The van der Waals surface area contributed by atoms with Gasteiger partial charge >= 0.3 is 5.97 Å². The number of methoxy groups -OCH3 is 1. The van der Waals surface area contributed by atoms with Crippen molar-refractivity contribution in [2.75, 3.05) is 38.9 Å². The van der Waals surface area contributed by atoms with E-state index in [4.69, 9.17) is 18.9 Å². The van der Waals surface area contributed by atoms with E-state index in [9.17, 15) is 14.7 Å². The molecular formula is C34H40N2O7. The summed E-state index contributed by atoms with van der Waals surface area (Å²) in [5.74, 6) is -0.0213. The number of rotatable bonds is 12. The minimum atomic E-state index is -0.939. The van der Waals surface area contributed by atoms with Gasteiger partial charge in [0, 0.05) is 24.2 Å². The molecule has 0 aliphatic carbocycles. The lowest BCUT2D eigenvalue weighted by Crippen LogP contribution is -2.35. The van der Waals surface area contributed by atoms with Crippen molar-refractivity contribution in [3.8, 4) is 23.0 Å². The second-order valence-corrected chi connectivity index (χ2v) is 10.9. The van der Waals surface area contributed by atoms with Crippen LogP contribution in [0.15, 0.2) is 54.6 Å². The van der Waals surface area contributed by atoms with Crippen LogP contribution in [0.25, 0.3) is 0 Å². The van der Waals surface area contributed by atoms with Crippen LogP contribution in [0.3, 0.4) is 0 Å². The molecule has 0 unspecified atom stereocenters. The Morgan fingerprint density at radius 3 is 2.35 bits per heavy atom.